The number of rotatable bonds is 3. The average molecular weight is 344 g/mol. The molecule has 0 saturated carbocycles. The minimum Gasteiger partial charge on any atom is -0.444 e. The van der Waals surface area contributed by atoms with Crippen LogP contribution < -0.4 is 11.6 Å². The monoisotopic (exact) mass is 344 g/mol. The Morgan fingerprint density at radius 1 is 1.28 bits per heavy atom. The van der Waals surface area contributed by atoms with E-state index in [0.29, 0.717) is 18.8 Å². The highest BCUT2D eigenvalue weighted by atomic mass is 16.6. The zero-order valence-electron chi connectivity index (χ0n) is 15.5. The summed E-state index contributed by atoms with van der Waals surface area (Å²) in [4.78, 5) is 13.8. The molecule has 0 aliphatic carbocycles. The summed E-state index contributed by atoms with van der Waals surface area (Å²) in [5, 5.41) is 1.43. The summed E-state index contributed by atoms with van der Waals surface area (Å²) in [7, 11) is 1.73. The lowest BCUT2D eigenvalue weighted by Crippen LogP contribution is -2.39. The second-order valence-corrected chi connectivity index (χ2v) is 7.23. The summed E-state index contributed by atoms with van der Waals surface area (Å²) in [5.41, 5.74) is 9.43. The Hall–Kier alpha value is -2.47. The van der Waals surface area contributed by atoms with Gasteiger partial charge < -0.3 is 20.4 Å². The van der Waals surface area contributed by atoms with E-state index in [1.807, 2.05) is 45.0 Å². The molecule has 1 aliphatic heterocycles. The lowest BCUT2D eigenvalue weighted by atomic mass is 9.98. The third-order valence-electron chi connectivity index (χ3n) is 3.79. The van der Waals surface area contributed by atoms with E-state index in [-0.39, 0.29) is 6.09 Å². The first kappa shape index (κ1) is 18.9. The molecule has 2 rings (SSSR count). The van der Waals surface area contributed by atoms with E-state index >= 15 is 0 Å². The number of benzene rings is 1. The Morgan fingerprint density at radius 3 is 2.40 bits per heavy atom. The summed E-state index contributed by atoms with van der Waals surface area (Å²) in [6, 6.07) is 8.04. The number of hydrogen-bond acceptors (Lipinski definition) is 5. The molecule has 1 aliphatic rings. The molecule has 0 unspecified atom stereocenters. The van der Waals surface area contributed by atoms with Gasteiger partial charge in [0.25, 0.3) is 0 Å². The predicted molar refractivity (Wildman–Crippen MR) is 101 cm³/mol. The molecule has 0 radical (unpaired) electrons. The summed E-state index contributed by atoms with van der Waals surface area (Å²) >= 11 is 0. The van der Waals surface area contributed by atoms with Gasteiger partial charge in [-0.2, -0.15) is 0 Å². The molecule has 1 heterocycles. The number of carbonyl (C=O) groups is 1. The van der Waals surface area contributed by atoms with Gasteiger partial charge in [-0.15, -0.1) is 0 Å². The molecular weight excluding hydrogens is 316 g/mol. The van der Waals surface area contributed by atoms with Gasteiger partial charge in [-0.1, -0.05) is 30.3 Å². The van der Waals surface area contributed by atoms with E-state index in [1.165, 1.54) is 10.6 Å². The Bertz CT molecular complexity index is 670. The Balaban J connectivity index is 2.03. The highest BCUT2D eigenvalue weighted by Gasteiger charge is 2.23. The number of hydrazine groups is 1. The van der Waals surface area contributed by atoms with Crippen molar-refractivity contribution in [2.24, 2.45) is 11.6 Å². The molecule has 0 spiro atoms. The van der Waals surface area contributed by atoms with Crippen LogP contribution in [0.4, 0.5) is 4.79 Å². The first-order chi connectivity index (χ1) is 11.7. The van der Waals surface area contributed by atoms with Crippen LogP contribution in [0, 0.1) is 0 Å². The van der Waals surface area contributed by atoms with Gasteiger partial charge in [0, 0.05) is 26.3 Å². The lowest BCUT2D eigenvalue weighted by Gasteiger charge is -2.29. The smallest absolute Gasteiger partial charge is 0.410 e. The molecule has 1 aromatic rings. The number of nitrogens with zero attached hydrogens (tertiary/aromatic N) is 2. The Morgan fingerprint density at radius 2 is 1.92 bits per heavy atom. The van der Waals surface area contributed by atoms with Gasteiger partial charge in [0.05, 0.1) is 5.70 Å². The zero-order valence-corrected chi connectivity index (χ0v) is 15.5. The minimum atomic E-state index is -0.470. The predicted octanol–water partition coefficient (Wildman–Crippen LogP) is 2.77. The van der Waals surface area contributed by atoms with Gasteiger partial charge >= 0.3 is 6.09 Å². The maximum atomic E-state index is 12.1. The number of nitrogens with two attached hydrogens (primary N) is 2. The van der Waals surface area contributed by atoms with E-state index in [2.05, 4.69) is 6.08 Å². The number of hydrogen-bond donors (Lipinski definition) is 2. The number of amides is 1. The average Bonchev–Trinajstić information content (AvgIpc) is 2.53. The van der Waals surface area contributed by atoms with Crippen molar-refractivity contribution >= 4 is 17.4 Å². The van der Waals surface area contributed by atoms with Crippen molar-refractivity contribution in [3.8, 4) is 0 Å². The van der Waals surface area contributed by atoms with Crippen LogP contribution >= 0.6 is 0 Å². The molecule has 0 fully saturated rings. The molecular formula is C19H28N4O2. The fraction of sp³-hybridized carbons (Fsp3) is 0.421. The molecule has 1 amide bonds. The van der Waals surface area contributed by atoms with E-state index in [0.717, 1.165) is 17.5 Å². The van der Waals surface area contributed by atoms with E-state index in [1.54, 1.807) is 18.1 Å². The SMILES string of the molecule is CN(N)/C=C(\N)c1ccc(C2=CCN(C(=O)OC(C)(C)C)CC2)cc1. The molecule has 6 heteroatoms. The molecule has 0 bridgehead atoms. The van der Waals surface area contributed by atoms with Crippen molar-refractivity contribution in [1.29, 1.82) is 0 Å². The van der Waals surface area contributed by atoms with Gasteiger partial charge in [-0.3, -0.25) is 0 Å². The van der Waals surface area contributed by atoms with Crippen LogP contribution in [0.2, 0.25) is 0 Å². The van der Waals surface area contributed by atoms with E-state index < -0.39 is 5.60 Å². The number of carbonyl (C=O) groups excluding carboxylic acids is 1. The van der Waals surface area contributed by atoms with Crippen molar-refractivity contribution in [2.45, 2.75) is 32.8 Å². The third kappa shape index (κ3) is 5.53. The first-order valence-electron chi connectivity index (χ1n) is 8.38. The second kappa shape index (κ2) is 7.61. The van der Waals surface area contributed by atoms with Crippen LogP contribution in [-0.4, -0.2) is 41.7 Å². The standard InChI is InChI=1S/C19H28N4O2/c1-19(2,3)25-18(24)23-11-9-15(10-12-23)14-5-7-16(8-6-14)17(20)13-22(4)21/h5-9,13H,10-12,20-21H2,1-4H3/b17-13-. The van der Waals surface area contributed by atoms with Crippen molar-refractivity contribution in [1.82, 2.24) is 9.91 Å². The molecule has 136 valence electrons. The van der Waals surface area contributed by atoms with Gasteiger partial charge in [0.15, 0.2) is 0 Å². The summed E-state index contributed by atoms with van der Waals surface area (Å²) < 4.78 is 5.42. The van der Waals surface area contributed by atoms with Crippen molar-refractivity contribution < 1.29 is 9.53 Å². The van der Waals surface area contributed by atoms with Gasteiger partial charge in [-0.25, -0.2) is 10.6 Å². The van der Waals surface area contributed by atoms with Crippen molar-refractivity contribution in [2.75, 3.05) is 20.1 Å². The van der Waals surface area contributed by atoms with Crippen LogP contribution in [0.1, 0.15) is 38.3 Å². The fourth-order valence-electron chi connectivity index (χ4n) is 2.59. The van der Waals surface area contributed by atoms with Crippen LogP contribution in [0.25, 0.3) is 11.3 Å². The van der Waals surface area contributed by atoms with Crippen molar-refractivity contribution in [3.63, 3.8) is 0 Å². The molecule has 1 aromatic carbocycles. The van der Waals surface area contributed by atoms with Gasteiger partial charge in [-0.05, 0) is 43.9 Å². The van der Waals surface area contributed by atoms with Crippen LogP contribution in [0.15, 0.2) is 36.5 Å². The topological polar surface area (TPSA) is 84.8 Å². The molecule has 6 nitrogen and oxygen atoms in total. The largest absolute Gasteiger partial charge is 0.444 e. The first-order valence-corrected chi connectivity index (χ1v) is 8.38. The second-order valence-electron chi connectivity index (χ2n) is 7.23. The quantitative estimate of drug-likeness (QED) is 0.650. The molecule has 0 atom stereocenters. The molecule has 0 saturated heterocycles. The summed E-state index contributed by atoms with van der Waals surface area (Å²) in [6.07, 6.45) is 4.29. The molecule has 0 aromatic heterocycles. The molecule has 4 N–H and O–H groups in total. The number of ether oxygens (including phenoxy) is 1. The summed E-state index contributed by atoms with van der Waals surface area (Å²) in [5.74, 6) is 5.58. The third-order valence-corrected chi connectivity index (χ3v) is 3.79. The fourth-order valence-corrected chi connectivity index (χ4v) is 2.59. The maximum Gasteiger partial charge on any atom is 0.410 e. The van der Waals surface area contributed by atoms with Crippen LogP contribution in [-0.2, 0) is 4.74 Å². The maximum absolute atomic E-state index is 12.1. The van der Waals surface area contributed by atoms with Crippen LogP contribution in [0.3, 0.4) is 0 Å². The Kier molecular flexibility index (Phi) is 5.74. The van der Waals surface area contributed by atoms with Crippen LogP contribution in [0.5, 0.6) is 0 Å². The summed E-state index contributed by atoms with van der Waals surface area (Å²) in [6.45, 7) is 6.84. The Labute approximate surface area is 149 Å². The lowest BCUT2D eigenvalue weighted by molar-refractivity contribution is 0.0270. The zero-order chi connectivity index (χ0) is 18.6. The highest BCUT2D eigenvalue weighted by molar-refractivity contribution is 5.73. The van der Waals surface area contributed by atoms with Crippen molar-refractivity contribution in [3.05, 3.63) is 47.7 Å². The molecule has 25 heavy (non-hydrogen) atoms. The van der Waals surface area contributed by atoms with Gasteiger partial charge in [0.2, 0.25) is 0 Å². The highest BCUT2D eigenvalue weighted by Crippen LogP contribution is 2.24. The van der Waals surface area contributed by atoms with Gasteiger partial charge in [0.1, 0.15) is 5.60 Å². The normalized spacial score (nSPS) is 15.6. The van der Waals surface area contributed by atoms with E-state index in [4.69, 9.17) is 16.3 Å². The van der Waals surface area contributed by atoms with E-state index in [9.17, 15) is 4.79 Å². The minimum absolute atomic E-state index is 0.262.